The zero-order valence-corrected chi connectivity index (χ0v) is 20.9. The Morgan fingerprint density at radius 2 is 1.97 bits per heavy atom. The fourth-order valence-corrected chi connectivity index (χ4v) is 5.19. The number of hydroxylamine groups is 1. The van der Waals surface area contributed by atoms with Crippen molar-refractivity contribution in [3.63, 3.8) is 0 Å². The van der Waals surface area contributed by atoms with Crippen LogP contribution in [0.1, 0.15) is 52.0 Å². The highest BCUT2D eigenvalue weighted by atomic mass is 16.5. The average molecular weight is 485 g/mol. The van der Waals surface area contributed by atoms with Gasteiger partial charge in [0.1, 0.15) is 6.04 Å². The zero-order chi connectivity index (χ0) is 25.7. The molecule has 1 saturated heterocycles. The molecule has 0 spiro atoms. The maximum atomic E-state index is 13.6. The molecule has 9 heteroatoms. The second-order valence-corrected chi connectivity index (χ2v) is 9.56. The van der Waals surface area contributed by atoms with E-state index >= 15 is 0 Å². The van der Waals surface area contributed by atoms with Gasteiger partial charge in [-0.25, -0.2) is 5.48 Å². The summed E-state index contributed by atoms with van der Waals surface area (Å²) in [5, 5.41) is 10.3. The van der Waals surface area contributed by atoms with Gasteiger partial charge in [-0.2, -0.15) is 0 Å². The van der Waals surface area contributed by atoms with Crippen LogP contribution in [0.3, 0.4) is 0 Å². The summed E-state index contributed by atoms with van der Waals surface area (Å²) in [5.74, 6) is -2.23. The number of likely N-dealkylation sites (tertiary alicyclic amines) is 1. The molecule has 35 heavy (non-hydrogen) atoms. The number of benzene rings is 1. The summed E-state index contributed by atoms with van der Waals surface area (Å²) in [5.41, 5.74) is 3.49. The quantitative estimate of drug-likeness (QED) is 0.353. The molecular formula is C26H36N4O5. The monoisotopic (exact) mass is 484 g/mol. The van der Waals surface area contributed by atoms with E-state index in [1.807, 2.05) is 44.3 Å². The molecular weight excluding hydrogens is 448 g/mol. The number of hydrogen-bond acceptors (Lipinski definition) is 5. The molecule has 2 heterocycles. The van der Waals surface area contributed by atoms with Crippen LogP contribution < -0.4 is 5.48 Å². The lowest BCUT2D eigenvalue weighted by Gasteiger charge is -2.35. The second-order valence-electron chi connectivity index (χ2n) is 9.56. The van der Waals surface area contributed by atoms with E-state index in [1.165, 1.54) is 11.8 Å². The molecule has 3 rings (SSSR count). The number of aromatic nitrogens is 1. The first kappa shape index (κ1) is 26.4. The molecule has 0 saturated carbocycles. The van der Waals surface area contributed by atoms with Crippen molar-refractivity contribution in [1.82, 2.24) is 20.3 Å². The minimum Gasteiger partial charge on any atom is -0.361 e. The van der Waals surface area contributed by atoms with Crippen LogP contribution in [0.2, 0.25) is 0 Å². The molecule has 0 radical (unpaired) electrons. The van der Waals surface area contributed by atoms with Gasteiger partial charge in [-0.05, 0) is 36.8 Å². The van der Waals surface area contributed by atoms with E-state index in [0.717, 1.165) is 22.9 Å². The largest absolute Gasteiger partial charge is 0.361 e. The summed E-state index contributed by atoms with van der Waals surface area (Å²) in [7, 11) is 1.61. The number of amides is 3. The van der Waals surface area contributed by atoms with Crippen LogP contribution in [0.25, 0.3) is 10.9 Å². The van der Waals surface area contributed by atoms with E-state index in [0.29, 0.717) is 19.4 Å². The highest BCUT2D eigenvalue weighted by Gasteiger charge is 2.40. The number of H-pyrrole nitrogens is 1. The highest BCUT2D eigenvalue weighted by Crippen LogP contribution is 2.26. The molecule has 1 fully saturated rings. The van der Waals surface area contributed by atoms with E-state index in [4.69, 9.17) is 0 Å². The minimum absolute atomic E-state index is 0.125. The van der Waals surface area contributed by atoms with Crippen LogP contribution in [0.15, 0.2) is 30.5 Å². The number of fused-ring (bicyclic) bond motifs is 1. The first-order valence-electron chi connectivity index (χ1n) is 12.2. The maximum Gasteiger partial charge on any atom is 0.247 e. The molecule has 0 aliphatic carbocycles. The number of aromatic amines is 1. The number of carbonyl (C=O) groups excluding carboxylic acids is 4. The Balaban J connectivity index is 1.82. The molecule has 1 unspecified atom stereocenters. The standard InChI is InChI=1S/C26H36N4O5/c1-5-16(2)24(29(4)26(34)22-11-8-12-30(22)17(3)31)23(32)14-18(25(33)28-35)13-19-15-27-21-10-7-6-9-20(19)21/h6-7,9-10,15-16,18,22,24,27,35H,5,8,11-14H2,1-4H3,(H,28,33)/t16?,18-,22+,24+/m1/s1. The van der Waals surface area contributed by atoms with E-state index < -0.39 is 23.9 Å². The van der Waals surface area contributed by atoms with Crippen molar-refractivity contribution < 1.29 is 24.4 Å². The summed E-state index contributed by atoms with van der Waals surface area (Å²) in [4.78, 5) is 57.7. The Bertz CT molecular complexity index is 1080. The van der Waals surface area contributed by atoms with Crippen LogP contribution in [0, 0.1) is 11.8 Å². The summed E-state index contributed by atoms with van der Waals surface area (Å²) in [6.07, 6.45) is 3.92. The predicted molar refractivity (Wildman–Crippen MR) is 131 cm³/mol. The van der Waals surface area contributed by atoms with Gasteiger partial charge in [0.25, 0.3) is 0 Å². The fraction of sp³-hybridized carbons (Fsp3) is 0.538. The second kappa shape index (κ2) is 11.5. The lowest BCUT2D eigenvalue weighted by atomic mass is 9.86. The first-order valence-corrected chi connectivity index (χ1v) is 12.2. The van der Waals surface area contributed by atoms with Crippen molar-refractivity contribution in [2.75, 3.05) is 13.6 Å². The molecule has 9 nitrogen and oxygen atoms in total. The van der Waals surface area contributed by atoms with Crippen molar-refractivity contribution >= 4 is 34.4 Å². The number of rotatable bonds is 10. The molecule has 0 bridgehead atoms. The third-order valence-corrected chi connectivity index (χ3v) is 7.29. The van der Waals surface area contributed by atoms with Crippen LogP contribution in [-0.4, -0.2) is 69.2 Å². The van der Waals surface area contributed by atoms with Gasteiger partial charge in [0.05, 0.1) is 12.0 Å². The van der Waals surface area contributed by atoms with Gasteiger partial charge < -0.3 is 14.8 Å². The van der Waals surface area contributed by atoms with Crippen LogP contribution in [-0.2, 0) is 25.6 Å². The van der Waals surface area contributed by atoms with Gasteiger partial charge in [0.2, 0.25) is 17.7 Å². The van der Waals surface area contributed by atoms with E-state index in [-0.39, 0.29) is 36.4 Å². The van der Waals surface area contributed by atoms with Crippen molar-refractivity contribution in [2.45, 2.75) is 65.0 Å². The average Bonchev–Trinajstić information content (AvgIpc) is 3.50. The molecule has 1 aliphatic heterocycles. The molecule has 1 aliphatic rings. The molecule has 2 aromatic rings. The van der Waals surface area contributed by atoms with E-state index in [1.54, 1.807) is 17.4 Å². The Hall–Kier alpha value is -3.20. The van der Waals surface area contributed by atoms with Crippen LogP contribution in [0.5, 0.6) is 0 Å². The molecule has 3 N–H and O–H groups in total. The summed E-state index contributed by atoms with van der Waals surface area (Å²) in [6, 6.07) is 6.37. The zero-order valence-electron chi connectivity index (χ0n) is 20.9. The highest BCUT2D eigenvalue weighted by molar-refractivity contribution is 5.95. The van der Waals surface area contributed by atoms with Gasteiger partial charge in [-0.1, -0.05) is 38.5 Å². The third-order valence-electron chi connectivity index (χ3n) is 7.29. The SMILES string of the molecule is CCC(C)[C@@H](C(=O)C[C@@H](Cc1c[nH]c2ccccc12)C(=O)NO)N(C)C(=O)[C@@H]1CCCN1C(C)=O. The van der Waals surface area contributed by atoms with Crippen molar-refractivity contribution in [3.8, 4) is 0 Å². The lowest BCUT2D eigenvalue weighted by molar-refractivity contribution is -0.147. The minimum atomic E-state index is -0.804. The van der Waals surface area contributed by atoms with E-state index in [9.17, 15) is 24.4 Å². The third kappa shape index (κ3) is 5.73. The molecule has 190 valence electrons. The number of para-hydroxylation sites is 1. The van der Waals surface area contributed by atoms with E-state index in [2.05, 4.69) is 4.98 Å². The fourth-order valence-electron chi connectivity index (χ4n) is 5.19. The topological polar surface area (TPSA) is 123 Å². The Labute approximate surface area is 205 Å². The normalized spacial score (nSPS) is 18.2. The smallest absolute Gasteiger partial charge is 0.247 e. The summed E-state index contributed by atoms with van der Waals surface area (Å²) >= 11 is 0. The van der Waals surface area contributed by atoms with Crippen molar-refractivity contribution in [2.24, 2.45) is 11.8 Å². The predicted octanol–water partition coefficient (Wildman–Crippen LogP) is 2.68. The van der Waals surface area contributed by atoms with Crippen molar-refractivity contribution in [3.05, 3.63) is 36.0 Å². The van der Waals surface area contributed by atoms with Gasteiger partial charge in [0.15, 0.2) is 5.78 Å². The maximum absolute atomic E-state index is 13.6. The Morgan fingerprint density at radius 3 is 2.63 bits per heavy atom. The number of nitrogens with zero attached hydrogens (tertiary/aromatic N) is 2. The number of hydrogen-bond donors (Lipinski definition) is 3. The molecule has 1 aromatic carbocycles. The van der Waals surface area contributed by atoms with Crippen LogP contribution >= 0.6 is 0 Å². The number of Topliss-reactive ketones (excluding diaryl/α,β-unsaturated/α-hetero) is 1. The van der Waals surface area contributed by atoms with Crippen molar-refractivity contribution in [1.29, 1.82) is 0 Å². The van der Waals surface area contributed by atoms with Gasteiger partial charge in [0, 0.05) is 44.0 Å². The van der Waals surface area contributed by atoms with Crippen LogP contribution in [0.4, 0.5) is 0 Å². The summed E-state index contributed by atoms with van der Waals surface area (Å²) in [6.45, 7) is 5.84. The lowest BCUT2D eigenvalue weighted by Crippen LogP contribution is -2.53. The number of ketones is 1. The van der Waals surface area contributed by atoms with Gasteiger partial charge in [-0.15, -0.1) is 0 Å². The first-order chi connectivity index (χ1) is 16.7. The Kier molecular flexibility index (Phi) is 8.67. The Morgan fingerprint density at radius 1 is 1.26 bits per heavy atom. The molecule has 4 atom stereocenters. The molecule has 3 amide bonds. The van der Waals surface area contributed by atoms with Gasteiger partial charge >= 0.3 is 0 Å². The van der Waals surface area contributed by atoms with Gasteiger partial charge in [-0.3, -0.25) is 24.4 Å². The number of nitrogens with one attached hydrogen (secondary N) is 2. The summed E-state index contributed by atoms with van der Waals surface area (Å²) < 4.78 is 0. The number of carbonyl (C=O) groups is 4. The molecule has 1 aromatic heterocycles. The number of likely N-dealkylation sites (N-methyl/N-ethyl adjacent to an activating group) is 1.